The maximum atomic E-state index is 13.7. The summed E-state index contributed by atoms with van der Waals surface area (Å²) in [5, 5.41) is 0. The molecule has 34 heavy (non-hydrogen) atoms. The van der Waals surface area contributed by atoms with E-state index in [0.717, 1.165) is 11.1 Å². The van der Waals surface area contributed by atoms with Crippen LogP contribution in [0.2, 0.25) is 0 Å². The van der Waals surface area contributed by atoms with Crippen LogP contribution < -0.4 is 0 Å². The fourth-order valence-corrected chi connectivity index (χ4v) is 3.76. The molecule has 0 nitrogen and oxygen atoms in total. The predicted molar refractivity (Wildman–Crippen MR) is 136 cm³/mol. The minimum atomic E-state index is -4.35. The van der Waals surface area contributed by atoms with Crippen molar-refractivity contribution in [3.63, 3.8) is 0 Å². The highest BCUT2D eigenvalue weighted by atomic mass is 19.4. The highest BCUT2D eigenvalue weighted by Gasteiger charge is 2.53. The molecule has 0 amide bonds. The van der Waals surface area contributed by atoms with Gasteiger partial charge < -0.3 is 0 Å². The van der Waals surface area contributed by atoms with Gasteiger partial charge in [-0.05, 0) is 56.9 Å². The highest BCUT2D eigenvalue weighted by Crippen LogP contribution is 2.46. The fourth-order valence-electron chi connectivity index (χ4n) is 3.76. The first kappa shape index (κ1) is 25.3. The lowest BCUT2D eigenvalue weighted by atomic mass is 9.75. The summed E-state index contributed by atoms with van der Waals surface area (Å²) in [6, 6.07) is 30.4. The number of halogens is 3. The van der Waals surface area contributed by atoms with Crippen molar-refractivity contribution < 1.29 is 13.2 Å². The molecule has 0 aliphatic heterocycles. The standard InChI is InChI=1S/C17H17F3.C14H14/c1-12-4-8-14(9-5-12)16(3,17(18,19)20)15-10-6-13(2)7-11-15;1-11-3-7-13(8-4-11)14-9-5-12(2)6-10-14/h4-11H,1-3H3;3-10H,1-2H3. The molecule has 0 aliphatic rings. The third kappa shape index (κ3) is 5.77. The Labute approximate surface area is 201 Å². The summed E-state index contributed by atoms with van der Waals surface area (Å²) in [6.45, 7) is 9.18. The van der Waals surface area contributed by atoms with Crippen molar-refractivity contribution in [1.29, 1.82) is 0 Å². The summed E-state index contributed by atoms with van der Waals surface area (Å²) in [6.07, 6.45) is -4.35. The molecule has 0 fully saturated rings. The Balaban J connectivity index is 0.000000202. The second-order valence-corrected chi connectivity index (χ2v) is 9.09. The summed E-state index contributed by atoms with van der Waals surface area (Å²) < 4.78 is 41.0. The van der Waals surface area contributed by atoms with Gasteiger partial charge in [-0.3, -0.25) is 0 Å². The smallest absolute Gasteiger partial charge is 0.170 e. The van der Waals surface area contributed by atoms with E-state index in [2.05, 4.69) is 62.4 Å². The maximum absolute atomic E-state index is 13.7. The topological polar surface area (TPSA) is 0 Å². The molecule has 176 valence electrons. The second kappa shape index (κ2) is 10.3. The molecule has 0 radical (unpaired) electrons. The molecule has 0 aromatic heterocycles. The van der Waals surface area contributed by atoms with E-state index in [0.29, 0.717) is 0 Å². The Kier molecular flexibility index (Phi) is 7.66. The molecule has 0 unspecified atom stereocenters. The summed E-state index contributed by atoms with van der Waals surface area (Å²) in [7, 11) is 0. The van der Waals surface area contributed by atoms with Crippen LogP contribution >= 0.6 is 0 Å². The summed E-state index contributed by atoms with van der Waals surface area (Å²) in [5.41, 5.74) is 5.62. The lowest BCUT2D eigenvalue weighted by Gasteiger charge is -2.33. The number of hydrogen-bond donors (Lipinski definition) is 0. The van der Waals surface area contributed by atoms with Crippen LogP contribution in [0.25, 0.3) is 11.1 Å². The second-order valence-electron chi connectivity index (χ2n) is 9.09. The van der Waals surface area contributed by atoms with Gasteiger partial charge in [0.1, 0.15) is 5.41 Å². The van der Waals surface area contributed by atoms with E-state index in [1.165, 1.54) is 29.2 Å². The average molecular weight is 461 g/mol. The normalized spacial score (nSPS) is 11.5. The first-order valence-corrected chi connectivity index (χ1v) is 11.4. The fraction of sp³-hybridized carbons (Fsp3) is 0.226. The van der Waals surface area contributed by atoms with E-state index >= 15 is 0 Å². The molecule has 3 heteroatoms. The van der Waals surface area contributed by atoms with Gasteiger partial charge in [-0.1, -0.05) is 119 Å². The number of rotatable bonds is 3. The molecular formula is C31H31F3. The van der Waals surface area contributed by atoms with E-state index in [9.17, 15) is 13.2 Å². The summed E-state index contributed by atoms with van der Waals surface area (Å²) in [5.74, 6) is 0. The van der Waals surface area contributed by atoms with Crippen molar-refractivity contribution in [2.75, 3.05) is 0 Å². The van der Waals surface area contributed by atoms with Crippen molar-refractivity contribution in [2.24, 2.45) is 0 Å². The SMILES string of the molecule is Cc1ccc(-c2ccc(C)cc2)cc1.Cc1ccc(C(C)(c2ccc(C)cc2)C(F)(F)F)cc1. The van der Waals surface area contributed by atoms with Crippen LogP contribution in [-0.2, 0) is 5.41 Å². The molecule has 0 aliphatic carbocycles. The van der Waals surface area contributed by atoms with Crippen LogP contribution in [0.1, 0.15) is 40.3 Å². The highest BCUT2D eigenvalue weighted by molar-refractivity contribution is 5.63. The maximum Gasteiger partial charge on any atom is 0.402 e. The van der Waals surface area contributed by atoms with Gasteiger partial charge in [0.15, 0.2) is 0 Å². The largest absolute Gasteiger partial charge is 0.402 e. The Hall–Kier alpha value is -3.33. The molecule has 0 bridgehead atoms. The van der Waals surface area contributed by atoms with Gasteiger partial charge >= 0.3 is 6.18 Å². The van der Waals surface area contributed by atoms with E-state index in [-0.39, 0.29) is 11.1 Å². The van der Waals surface area contributed by atoms with Crippen molar-refractivity contribution in [3.05, 3.63) is 130 Å². The van der Waals surface area contributed by atoms with Gasteiger partial charge in [-0.25, -0.2) is 0 Å². The zero-order chi connectivity index (χ0) is 24.9. The first-order chi connectivity index (χ1) is 16.0. The molecular weight excluding hydrogens is 429 g/mol. The summed E-state index contributed by atoms with van der Waals surface area (Å²) in [4.78, 5) is 0. The predicted octanol–water partition coefficient (Wildman–Crippen LogP) is 9.14. The zero-order valence-electron chi connectivity index (χ0n) is 20.4. The minimum Gasteiger partial charge on any atom is -0.170 e. The first-order valence-electron chi connectivity index (χ1n) is 11.4. The number of benzene rings is 4. The molecule has 4 aromatic rings. The van der Waals surface area contributed by atoms with Gasteiger partial charge in [-0.2, -0.15) is 13.2 Å². The monoisotopic (exact) mass is 460 g/mol. The van der Waals surface area contributed by atoms with Gasteiger partial charge in [0, 0.05) is 0 Å². The van der Waals surface area contributed by atoms with Gasteiger partial charge in [0.2, 0.25) is 0 Å². The Bertz CT molecular complexity index is 1090. The van der Waals surface area contributed by atoms with Crippen LogP contribution in [0.15, 0.2) is 97.1 Å². The van der Waals surface area contributed by atoms with Gasteiger partial charge in [-0.15, -0.1) is 0 Å². The number of hydrogen-bond acceptors (Lipinski definition) is 0. The third-order valence-corrected chi connectivity index (χ3v) is 6.26. The van der Waals surface area contributed by atoms with E-state index < -0.39 is 11.6 Å². The average Bonchev–Trinajstić information content (AvgIpc) is 2.80. The molecule has 4 rings (SSSR count). The minimum absolute atomic E-state index is 0.263. The lowest BCUT2D eigenvalue weighted by molar-refractivity contribution is -0.173. The van der Waals surface area contributed by atoms with Crippen LogP contribution in [0, 0.1) is 27.7 Å². The Morgan fingerprint density at radius 1 is 0.412 bits per heavy atom. The molecule has 0 atom stereocenters. The summed E-state index contributed by atoms with van der Waals surface area (Å²) >= 11 is 0. The van der Waals surface area contributed by atoms with Crippen molar-refractivity contribution >= 4 is 0 Å². The number of aryl methyl sites for hydroxylation is 4. The third-order valence-electron chi connectivity index (χ3n) is 6.26. The van der Waals surface area contributed by atoms with Crippen molar-refractivity contribution in [2.45, 2.75) is 46.2 Å². The van der Waals surface area contributed by atoms with Gasteiger partial charge in [0.25, 0.3) is 0 Å². The molecule has 0 N–H and O–H groups in total. The molecule has 0 spiro atoms. The zero-order valence-corrected chi connectivity index (χ0v) is 20.4. The molecule has 0 saturated heterocycles. The van der Waals surface area contributed by atoms with Gasteiger partial charge in [0.05, 0.1) is 0 Å². The van der Waals surface area contributed by atoms with Crippen LogP contribution in [-0.4, -0.2) is 6.18 Å². The molecule has 4 aromatic carbocycles. The quantitative estimate of drug-likeness (QED) is 0.286. The van der Waals surface area contributed by atoms with Crippen LogP contribution in [0.3, 0.4) is 0 Å². The van der Waals surface area contributed by atoms with E-state index in [4.69, 9.17) is 0 Å². The van der Waals surface area contributed by atoms with Crippen LogP contribution in [0.5, 0.6) is 0 Å². The Morgan fingerprint density at radius 2 is 0.647 bits per heavy atom. The molecule has 0 heterocycles. The molecule has 0 saturated carbocycles. The lowest BCUT2D eigenvalue weighted by Crippen LogP contribution is -2.40. The van der Waals surface area contributed by atoms with E-state index in [1.54, 1.807) is 48.5 Å². The van der Waals surface area contributed by atoms with E-state index in [1.807, 2.05) is 13.8 Å². The van der Waals surface area contributed by atoms with Crippen molar-refractivity contribution in [1.82, 2.24) is 0 Å². The van der Waals surface area contributed by atoms with Crippen LogP contribution in [0.4, 0.5) is 13.2 Å². The van der Waals surface area contributed by atoms with Crippen molar-refractivity contribution in [3.8, 4) is 11.1 Å². The number of alkyl halides is 3. The Morgan fingerprint density at radius 3 is 0.882 bits per heavy atom.